The molecule has 0 saturated carbocycles. The summed E-state index contributed by atoms with van der Waals surface area (Å²) in [5.41, 5.74) is 6.22. The first-order valence-electron chi connectivity index (χ1n) is 7.52. The number of carbonyl (C=O) groups is 1. The van der Waals surface area contributed by atoms with E-state index >= 15 is 0 Å². The SMILES string of the molecule is CN(CC(F)(F)F)C(=O)CN=C(N)Nc1ccc2c(c1)OCCCO2. The van der Waals surface area contributed by atoms with Crippen molar-refractivity contribution in [1.82, 2.24) is 4.90 Å². The zero-order valence-electron chi connectivity index (χ0n) is 13.6. The van der Waals surface area contributed by atoms with Gasteiger partial charge >= 0.3 is 6.18 Å². The Hall–Kier alpha value is -2.65. The Morgan fingerprint density at radius 3 is 2.68 bits per heavy atom. The molecule has 1 aliphatic rings. The highest BCUT2D eigenvalue weighted by Gasteiger charge is 2.30. The molecule has 0 radical (unpaired) electrons. The summed E-state index contributed by atoms with van der Waals surface area (Å²) in [5, 5.41) is 2.75. The van der Waals surface area contributed by atoms with Crippen molar-refractivity contribution < 1.29 is 27.4 Å². The van der Waals surface area contributed by atoms with E-state index in [0.29, 0.717) is 35.3 Å². The third kappa shape index (κ3) is 6.05. The first-order chi connectivity index (χ1) is 11.7. The molecule has 10 heteroatoms. The maximum atomic E-state index is 12.2. The summed E-state index contributed by atoms with van der Waals surface area (Å²) in [4.78, 5) is 15.9. The molecular weight excluding hydrogens is 341 g/mol. The van der Waals surface area contributed by atoms with E-state index in [1.165, 1.54) is 0 Å². The van der Waals surface area contributed by atoms with E-state index in [4.69, 9.17) is 15.2 Å². The lowest BCUT2D eigenvalue weighted by atomic mass is 10.3. The van der Waals surface area contributed by atoms with Crippen LogP contribution in [0, 0.1) is 0 Å². The van der Waals surface area contributed by atoms with Gasteiger partial charge in [0, 0.05) is 25.2 Å². The summed E-state index contributed by atoms with van der Waals surface area (Å²) in [7, 11) is 1.05. The molecule has 1 aliphatic heterocycles. The number of halogens is 3. The molecule has 0 atom stereocenters. The molecule has 1 amide bonds. The second-order valence-electron chi connectivity index (χ2n) is 5.40. The van der Waals surface area contributed by atoms with Gasteiger partial charge in [-0.15, -0.1) is 0 Å². The van der Waals surface area contributed by atoms with Gasteiger partial charge in [-0.1, -0.05) is 0 Å². The number of nitrogens with zero attached hydrogens (tertiary/aromatic N) is 2. The zero-order chi connectivity index (χ0) is 18.4. The second kappa shape index (κ2) is 7.95. The van der Waals surface area contributed by atoms with Gasteiger partial charge in [0.25, 0.3) is 0 Å². The Labute approximate surface area is 142 Å². The van der Waals surface area contributed by atoms with Gasteiger partial charge in [0.15, 0.2) is 17.5 Å². The number of nitrogens with one attached hydrogen (secondary N) is 1. The highest BCUT2D eigenvalue weighted by molar-refractivity contribution is 5.94. The average Bonchev–Trinajstić information content (AvgIpc) is 2.75. The number of anilines is 1. The topological polar surface area (TPSA) is 89.2 Å². The molecule has 3 N–H and O–H groups in total. The van der Waals surface area contributed by atoms with Crippen LogP contribution in [0.25, 0.3) is 0 Å². The first kappa shape index (κ1) is 18.7. The third-order valence-corrected chi connectivity index (χ3v) is 3.25. The van der Waals surface area contributed by atoms with Crippen LogP contribution in [0.1, 0.15) is 6.42 Å². The third-order valence-electron chi connectivity index (χ3n) is 3.25. The van der Waals surface area contributed by atoms with E-state index in [1.807, 2.05) is 0 Å². The lowest BCUT2D eigenvalue weighted by molar-refractivity contribution is -0.157. The summed E-state index contributed by atoms with van der Waals surface area (Å²) in [6, 6.07) is 5.06. The van der Waals surface area contributed by atoms with Crippen molar-refractivity contribution in [3.05, 3.63) is 18.2 Å². The maximum Gasteiger partial charge on any atom is 0.406 e. The number of rotatable bonds is 4. The Kier molecular flexibility index (Phi) is 5.94. The van der Waals surface area contributed by atoms with Crippen LogP contribution < -0.4 is 20.5 Å². The molecule has 0 aliphatic carbocycles. The van der Waals surface area contributed by atoms with E-state index in [9.17, 15) is 18.0 Å². The summed E-state index contributed by atoms with van der Waals surface area (Å²) in [6.45, 7) is -0.732. The first-order valence-corrected chi connectivity index (χ1v) is 7.52. The number of alkyl halides is 3. The fourth-order valence-electron chi connectivity index (χ4n) is 2.06. The number of hydrogen-bond acceptors (Lipinski definition) is 4. The van der Waals surface area contributed by atoms with Crippen LogP contribution in [0.3, 0.4) is 0 Å². The number of aliphatic imine (C=N–C) groups is 1. The van der Waals surface area contributed by atoms with E-state index in [-0.39, 0.29) is 5.96 Å². The quantitative estimate of drug-likeness (QED) is 0.629. The fourth-order valence-corrected chi connectivity index (χ4v) is 2.06. The van der Waals surface area contributed by atoms with Crippen molar-refractivity contribution in [2.75, 3.05) is 38.7 Å². The van der Waals surface area contributed by atoms with E-state index in [0.717, 1.165) is 13.5 Å². The van der Waals surface area contributed by atoms with Crippen molar-refractivity contribution in [2.45, 2.75) is 12.6 Å². The fraction of sp³-hybridized carbons (Fsp3) is 0.467. The Morgan fingerprint density at radius 1 is 1.32 bits per heavy atom. The lowest BCUT2D eigenvalue weighted by Crippen LogP contribution is -2.37. The molecule has 2 rings (SSSR count). The highest BCUT2D eigenvalue weighted by Crippen LogP contribution is 2.32. The molecule has 0 aromatic heterocycles. The number of ether oxygens (including phenoxy) is 2. The van der Waals surface area contributed by atoms with Crippen LogP contribution in [0.4, 0.5) is 18.9 Å². The van der Waals surface area contributed by atoms with Gasteiger partial charge in [-0.25, -0.2) is 4.99 Å². The smallest absolute Gasteiger partial charge is 0.406 e. The minimum Gasteiger partial charge on any atom is -0.490 e. The summed E-state index contributed by atoms with van der Waals surface area (Å²) in [5.74, 6) is 0.280. The molecule has 0 bridgehead atoms. The number of carbonyl (C=O) groups excluding carboxylic acids is 1. The molecule has 7 nitrogen and oxygen atoms in total. The van der Waals surface area contributed by atoms with Crippen LogP contribution in [-0.2, 0) is 4.79 Å². The Bertz CT molecular complexity index is 649. The lowest BCUT2D eigenvalue weighted by Gasteiger charge is -2.18. The minimum atomic E-state index is -4.46. The predicted octanol–water partition coefficient (Wildman–Crippen LogP) is 1.60. The summed E-state index contributed by atoms with van der Waals surface area (Å²) < 4.78 is 47.7. The van der Waals surface area contributed by atoms with Crippen LogP contribution in [-0.4, -0.2) is 56.3 Å². The Morgan fingerprint density at radius 2 is 2.00 bits per heavy atom. The Balaban J connectivity index is 1.93. The number of hydrogen-bond donors (Lipinski definition) is 2. The van der Waals surface area contributed by atoms with Gasteiger partial charge in [-0.05, 0) is 12.1 Å². The standard InChI is InChI=1S/C15H19F3N4O3/c1-22(9-15(16,17)18)13(23)8-20-14(19)21-10-3-4-11-12(7-10)25-6-2-5-24-11/h3-4,7H,2,5-6,8-9H2,1H3,(H3,19,20,21). The van der Waals surface area contributed by atoms with E-state index in [2.05, 4.69) is 10.3 Å². The molecular formula is C15H19F3N4O3. The summed E-state index contributed by atoms with van der Waals surface area (Å²) >= 11 is 0. The number of benzene rings is 1. The number of amides is 1. The predicted molar refractivity (Wildman–Crippen MR) is 85.9 cm³/mol. The molecule has 1 aromatic rings. The molecule has 0 unspecified atom stereocenters. The zero-order valence-corrected chi connectivity index (χ0v) is 13.6. The van der Waals surface area contributed by atoms with Crippen molar-refractivity contribution in [3.63, 3.8) is 0 Å². The van der Waals surface area contributed by atoms with Gasteiger partial charge in [-0.3, -0.25) is 4.79 Å². The van der Waals surface area contributed by atoms with Gasteiger partial charge < -0.3 is 25.4 Å². The molecule has 25 heavy (non-hydrogen) atoms. The summed E-state index contributed by atoms with van der Waals surface area (Å²) in [6.07, 6.45) is -3.68. The molecule has 138 valence electrons. The van der Waals surface area contributed by atoms with Crippen LogP contribution in [0.5, 0.6) is 11.5 Å². The van der Waals surface area contributed by atoms with Crippen LogP contribution >= 0.6 is 0 Å². The highest BCUT2D eigenvalue weighted by atomic mass is 19.4. The van der Waals surface area contributed by atoms with Crippen LogP contribution in [0.15, 0.2) is 23.2 Å². The monoisotopic (exact) mass is 360 g/mol. The van der Waals surface area contributed by atoms with Crippen molar-refractivity contribution in [1.29, 1.82) is 0 Å². The maximum absolute atomic E-state index is 12.2. The largest absolute Gasteiger partial charge is 0.490 e. The van der Waals surface area contributed by atoms with E-state index in [1.54, 1.807) is 18.2 Å². The second-order valence-corrected chi connectivity index (χ2v) is 5.40. The molecule has 0 saturated heterocycles. The number of guanidine groups is 1. The van der Waals surface area contributed by atoms with Gasteiger partial charge in [0.2, 0.25) is 5.91 Å². The minimum absolute atomic E-state index is 0.0942. The normalized spacial score (nSPS) is 14.6. The number of fused-ring (bicyclic) bond motifs is 1. The van der Waals surface area contributed by atoms with Crippen LogP contribution in [0.2, 0.25) is 0 Å². The van der Waals surface area contributed by atoms with Crippen molar-refractivity contribution in [2.24, 2.45) is 10.7 Å². The number of nitrogens with two attached hydrogens (primary N) is 1. The average molecular weight is 360 g/mol. The van der Waals surface area contributed by atoms with Gasteiger partial charge in [-0.2, -0.15) is 13.2 Å². The van der Waals surface area contributed by atoms with Gasteiger partial charge in [0.05, 0.1) is 13.2 Å². The van der Waals surface area contributed by atoms with Crippen molar-refractivity contribution >= 4 is 17.6 Å². The molecule has 0 spiro atoms. The van der Waals surface area contributed by atoms with Gasteiger partial charge in [0.1, 0.15) is 13.1 Å². The van der Waals surface area contributed by atoms with Crippen molar-refractivity contribution in [3.8, 4) is 11.5 Å². The molecule has 0 fully saturated rings. The number of likely N-dealkylation sites (N-methyl/N-ethyl adjacent to an activating group) is 1. The molecule has 1 aromatic carbocycles. The van der Waals surface area contributed by atoms with E-state index < -0.39 is 25.2 Å². The molecule has 1 heterocycles.